The maximum atomic E-state index is 13.3. The first kappa shape index (κ1) is 25.7. The summed E-state index contributed by atoms with van der Waals surface area (Å²) >= 11 is 9.49. The van der Waals surface area contributed by atoms with E-state index in [-0.39, 0.29) is 23.2 Å². The Balaban J connectivity index is 0.00000158. The van der Waals surface area contributed by atoms with Gasteiger partial charge in [0.2, 0.25) is 0 Å². The van der Waals surface area contributed by atoms with E-state index in [2.05, 4.69) is 21.0 Å². The minimum atomic E-state index is -0.789. The van der Waals surface area contributed by atoms with Crippen LogP contribution in [0.3, 0.4) is 0 Å². The van der Waals surface area contributed by atoms with Crippen molar-refractivity contribution < 1.29 is 23.5 Å². The third-order valence-electron chi connectivity index (χ3n) is 5.08. The monoisotopic (exact) mass is 551 g/mol. The van der Waals surface area contributed by atoms with Crippen molar-refractivity contribution in [3.05, 3.63) is 75.7 Å². The van der Waals surface area contributed by atoms with Gasteiger partial charge in [-0.25, -0.2) is 13.9 Å². The van der Waals surface area contributed by atoms with Crippen molar-refractivity contribution in [3.8, 4) is 11.4 Å². The number of carbonyl (C=O) groups is 2. The van der Waals surface area contributed by atoms with Crippen molar-refractivity contribution in [1.82, 2.24) is 14.7 Å². The fraction of sp³-hybridized carbons (Fsp3) is 0.292. The molecule has 2 aromatic carbocycles. The summed E-state index contributed by atoms with van der Waals surface area (Å²) < 4.78 is 26.5. The molecule has 7 nitrogen and oxygen atoms in total. The van der Waals surface area contributed by atoms with Gasteiger partial charge in [0, 0.05) is 17.1 Å². The average molecular weight is 553 g/mol. The smallest absolute Gasteiger partial charge is 0.328 e. The van der Waals surface area contributed by atoms with Crippen molar-refractivity contribution >= 4 is 39.4 Å². The number of hydrogen-bond acceptors (Lipinski definition) is 5. The minimum Gasteiger partial charge on any atom is -0.488 e. The number of likely N-dealkylation sites (tertiary alicyclic amines) is 1. The molecule has 4 rings (SSSR count). The zero-order valence-electron chi connectivity index (χ0n) is 18.9. The Labute approximate surface area is 210 Å². The summed E-state index contributed by atoms with van der Waals surface area (Å²) in [7, 11) is 1.28. The van der Waals surface area contributed by atoms with Crippen LogP contribution in [0, 0.1) is 5.82 Å². The molecule has 180 valence electrons. The number of halogens is 3. The first-order chi connectivity index (χ1) is 16.4. The second-order valence-electron chi connectivity index (χ2n) is 7.20. The van der Waals surface area contributed by atoms with Crippen LogP contribution >= 0.6 is 27.5 Å². The van der Waals surface area contributed by atoms with Crippen LogP contribution in [0.4, 0.5) is 4.39 Å². The highest BCUT2D eigenvalue weighted by Gasteiger charge is 2.42. The van der Waals surface area contributed by atoms with E-state index < -0.39 is 23.7 Å². The number of carbonyl (C=O) groups excluding carboxylic acids is 2. The fourth-order valence-electron chi connectivity index (χ4n) is 3.60. The van der Waals surface area contributed by atoms with Crippen LogP contribution in [0.25, 0.3) is 5.69 Å². The third kappa shape index (κ3) is 5.77. The molecule has 1 aromatic heterocycles. The molecule has 2 atom stereocenters. The second-order valence-corrected chi connectivity index (χ2v) is 8.52. The molecule has 2 heterocycles. The van der Waals surface area contributed by atoms with Crippen molar-refractivity contribution in [1.29, 1.82) is 0 Å². The summed E-state index contributed by atoms with van der Waals surface area (Å²) in [5.41, 5.74) is 0.677. The molecule has 1 amide bonds. The van der Waals surface area contributed by atoms with Crippen molar-refractivity contribution in [2.24, 2.45) is 0 Å². The Bertz CT molecular complexity index is 1170. The van der Waals surface area contributed by atoms with Crippen molar-refractivity contribution in [2.75, 3.05) is 13.7 Å². The fourth-order valence-corrected chi connectivity index (χ4v) is 4.23. The van der Waals surface area contributed by atoms with E-state index >= 15 is 0 Å². The molecular formula is C24H24BrClFN3O4. The molecule has 1 saturated heterocycles. The second kappa shape index (κ2) is 11.5. The van der Waals surface area contributed by atoms with Gasteiger partial charge in [-0.1, -0.05) is 47.4 Å². The summed E-state index contributed by atoms with van der Waals surface area (Å²) in [6.07, 6.45) is 2.76. The summed E-state index contributed by atoms with van der Waals surface area (Å²) in [5, 5.41) is 4.32. The van der Waals surface area contributed by atoms with Crippen LogP contribution in [0.2, 0.25) is 5.02 Å². The van der Waals surface area contributed by atoms with E-state index in [0.29, 0.717) is 17.9 Å². The number of aromatic nitrogens is 2. The first-order valence-corrected chi connectivity index (χ1v) is 11.8. The van der Waals surface area contributed by atoms with Gasteiger partial charge in [0.1, 0.15) is 23.7 Å². The molecule has 3 aromatic rings. The Morgan fingerprint density at radius 3 is 2.65 bits per heavy atom. The molecule has 34 heavy (non-hydrogen) atoms. The molecule has 0 N–H and O–H groups in total. The lowest BCUT2D eigenvalue weighted by atomic mass is 10.2. The van der Waals surface area contributed by atoms with Crippen LogP contribution in [0.5, 0.6) is 5.75 Å². The zero-order chi connectivity index (χ0) is 24.8. The van der Waals surface area contributed by atoms with Gasteiger partial charge in [-0.15, -0.1) is 0 Å². The van der Waals surface area contributed by atoms with Crippen molar-refractivity contribution in [3.63, 3.8) is 0 Å². The number of ether oxygens (including phenoxy) is 2. The zero-order valence-corrected chi connectivity index (χ0v) is 21.2. The van der Waals surface area contributed by atoms with Gasteiger partial charge in [-0.3, -0.25) is 4.79 Å². The lowest BCUT2D eigenvalue weighted by molar-refractivity contribution is -0.145. The molecule has 0 spiro atoms. The Morgan fingerprint density at radius 1 is 1.21 bits per heavy atom. The van der Waals surface area contributed by atoms with Crippen LogP contribution in [0.15, 0.2) is 59.3 Å². The van der Waals surface area contributed by atoms with E-state index in [9.17, 15) is 14.0 Å². The summed E-state index contributed by atoms with van der Waals surface area (Å²) in [6.45, 7) is 4.20. The highest BCUT2D eigenvalue weighted by molar-refractivity contribution is 9.10. The number of benzene rings is 2. The molecular weight excluding hydrogens is 529 g/mol. The molecule has 2 unspecified atom stereocenters. The molecule has 0 aliphatic carbocycles. The van der Waals surface area contributed by atoms with Crippen LogP contribution in [0.1, 0.15) is 30.6 Å². The lowest BCUT2D eigenvalue weighted by Crippen LogP contribution is -2.41. The molecule has 0 bridgehead atoms. The van der Waals surface area contributed by atoms with E-state index in [1.54, 1.807) is 6.07 Å². The van der Waals surface area contributed by atoms with Crippen molar-refractivity contribution in [2.45, 2.75) is 32.4 Å². The van der Waals surface area contributed by atoms with Gasteiger partial charge in [0.15, 0.2) is 0 Å². The number of nitrogens with zero attached hydrogens (tertiary/aromatic N) is 3. The van der Waals surface area contributed by atoms with Crippen LogP contribution in [-0.2, 0) is 9.53 Å². The normalized spacial score (nSPS) is 17.1. The number of amides is 1. The first-order valence-electron chi connectivity index (χ1n) is 10.7. The third-order valence-corrected chi connectivity index (χ3v) is 5.88. The quantitative estimate of drug-likeness (QED) is 0.402. The van der Waals surface area contributed by atoms with Crippen LogP contribution in [-0.4, -0.2) is 52.4 Å². The summed E-state index contributed by atoms with van der Waals surface area (Å²) in [4.78, 5) is 27.0. The lowest BCUT2D eigenvalue weighted by Gasteiger charge is -2.21. The van der Waals surface area contributed by atoms with E-state index in [0.717, 1.165) is 10.5 Å². The highest BCUT2D eigenvalue weighted by atomic mass is 79.9. The number of rotatable bonds is 5. The van der Waals surface area contributed by atoms with E-state index in [1.165, 1.54) is 41.2 Å². The Hall–Kier alpha value is -2.91. The molecule has 1 aliphatic rings. The maximum absolute atomic E-state index is 13.3. The van der Waals surface area contributed by atoms with Gasteiger partial charge >= 0.3 is 5.97 Å². The molecule has 0 radical (unpaired) electrons. The van der Waals surface area contributed by atoms with Gasteiger partial charge in [-0.05, 0) is 36.4 Å². The molecule has 1 fully saturated rings. The average Bonchev–Trinajstić information content (AvgIpc) is 3.47. The Kier molecular flexibility index (Phi) is 8.68. The predicted molar refractivity (Wildman–Crippen MR) is 130 cm³/mol. The predicted octanol–water partition coefficient (Wildman–Crippen LogP) is 5.29. The highest BCUT2D eigenvalue weighted by Crippen LogP contribution is 2.28. The summed E-state index contributed by atoms with van der Waals surface area (Å²) in [6, 6.07) is 10.4. The largest absolute Gasteiger partial charge is 0.488 e. The molecule has 1 aliphatic heterocycles. The van der Waals surface area contributed by atoms with E-state index in [4.69, 9.17) is 21.1 Å². The number of methoxy groups -OCH3 is 1. The van der Waals surface area contributed by atoms with E-state index in [1.807, 2.05) is 32.0 Å². The minimum absolute atomic E-state index is 0.156. The van der Waals surface area contributed by atoms with Gasteiger partial charge in [0.25, 0.3) is 5.91 Å². The molecule has 0 saturated carbocycles. The Morgan fingerprint density at radius 2 is 1.97 bits per heavy atom. The summed E-state index contributed by atoms with van der Waals surface area (Å²) in [5.74, 6) is -0.768. The topological polar surface area (TPSA) is 73.7 Å². The van der Waals surface area contributed by atoms with Gasteiger partial charge < -0.3 is 14.4 Å². The number of esters is 1. The van der Waals surface area contributed by atoms with Crippen LogP contribution < -0.4 is 4.74 Å². The number of hydrogen-bond donors (Lipinski definition) is 0. The molecule has 10 heteroatoms. The van der Waals surface area contributed by atoms with Gasteiger partial charge in [-0.2, -0.15) is 5.10 Å². The standard InChI is InChI=1S/C22H18BrClFN3O4.C2H6/c1-31-22(30)20-9-17(32-16-4-2-3-14(23)7-16)12-27(20)21(29)13-10-26-28(11-13)19-6-5-15(25)8-18(19)24;1-2/h2-8,10-11,17,20H,9,12H2,1H3;1-2H3. The SMILES string of the molecule is CC.COC(=O)C1CC(Oc2cccc(Br)c2)CN1C(=O)c1cnn(-c2ccc(F)cc2Cl)c1. The maximum Gasteiger partial charge on any atom is 0.328 e. The van der Waals surface area contributed by atoms with Gasteiger partial charge in [0.05, 0.1) is 36.1 Å².